The second kappa shape index (κ2) is 7.14. The molecule has 0 amide bonds. The summed E-state index contributed by atoms with van der Waals surface area (Å²) in [6.07, 6.45) is 0. The molecule has 0 aliphatic carbocycles. The first-order valence-corrected chi connectivity index (χ1v) is 8.58. The molecule has 2 nitrogen and oxygen atoms in total. The van der Waals surface area contributed by atoms with Crippen molar-refractivity contribution in [2.24, 2.45) is 0 Å². The van der Waals surface area contributed by atoms with E-state index in [2.05, 4.69) is 52.0 Å². The summed E-state index contributed by atoms with van der Waals surface area (Å²) in [6, 6.07) is 12.3. The smallest absolute Gasteiger partial charge is 0.0970 e. The van der Waals surface area contributed by atoms with Gasteiger partial charge in [0.25, 0.3) is 0 Å². The lowest BCUT2D eigenvalue weighted by molar-refractivity contribution is 1.05. The molecule has 0 saturated heterocycles. The Balaban J connectivity index is 2.26. The van der Waals surface area contributed by atoms with Crippen LogP contribution in [0.25, 0.3) is 11.4 Å². The van der Waals surface area contributed by atoms with Crippen molar-refractivity contribution in [2.75, 3.05) is 0 Å². The summed E-state index contributed by atoms with van der Waals surface area (Å²) < 4.78 is 0. The summed E-state index contributed by atoms with van der Waals surface area (Å²) in [5, 5.41) is 3.18. The molecule has 0 bridgehead atoms. The van der Waals surface area contributed by atoms with E-state index >= 15 is 0 Å². The first-order chi connectivity index (χ1) is 9.54. The molecule has 2 rings (SSSR count). The number of aromatic nitrogens is 2. The fraction of sp³-hybridized carbons (Fsp3) is 0.375. The van der Waals surface area contributed by atoms with Crippen LogP contribution in [0.3, 0.4) is 0 Å². The minimum Gasteiger partial charge on any atom is -0.240 e. The molecule has 0 aliphatic heterocycles. The monoisotopic (exact) mass is 304 g/mol. The summed E-state index contributed by atoms with van der Waals surface area (Å²) in [5.41, 5.74) is 1.89. The van der Waals surface area contributed by atoms with Crippen LogP contribution in [0, 0.1) is 0 Å². The topological polar surface area (TPSA) is 25.8 Å². The van der Waals surface area contributed by atoms with E-state index in [-0.39, 0.29) is 0 Å². The fourth-order valence-corrected chi connectivity index (χ4v) is 3.31. The van der Waals surface area contributed by atoms with Gasteiger partial charge in [0.1, 0.15) is 0 Å². The number of rotatable bonds is 5. The third kappa shape index (κ3) is 4.53. The van der Waals surface area contributed by atoms with E-state index in [1.807, 2.05) is 12.1 Å². The Labute approximate surface area is 129 Å². The van der Waals surface area contributed by atoms with Crippen LogP contribution in [0.5, 0.6) is 0 Å². The van der Waals surface area contributed by atoms with Crippen LogP contribution in [-0.4, -0.2) is 20.5 Å². The van der Waals surface area contributed by atoms with E-state index in [4.69, 9.17) is 9.97 Å². The largest absolute Gasteiger partial charge is 0.240 e. The van der Waals surface area contributed by atoms with Crippen molar-refractivity contribution >= 4 is 23.5 Å². The molecule has 0 aromatic carbocycles. The maximum absolute atomic E-state index is 4.69. The van der Waals surface area contributed by atoms with Crippen LogP contribution in [0.2, 0.25) is 0 Å². The predicted octanol–water partition coefficient (Wildman–Crippen LogP) is 5.14. The Morgan fingerprint density at radius 1 is 0.700 bits per heavy atom. The van der Waals surface area contributed by atoms with E-state index < -0.39 is 0 Å². The highest BCUT2D eigenvalue weighted by Crippen LogP contribution is 2.26. The average Bonchev–Trinajstić information content (AvgIpc) is 2.38. The molecule has 2 heterocycles. The van der Waals surface area contributed by atoms with Crippen molar-refractivity contribution in [1.82, 2.24) is 9.97 Å². The van der Waals surface area contributed by atoms with Gasteiger partial charge in [-0.05, 0) is 24.3 Å². The molecule has 0 fully saturated rings. The van der Waals surface area contributed by atoms with Gasteiger partial charge in [-0.3, -0.25) is 0 Å². The third-order valence-corrected chi connectivity index (χ3v) is 4.30. The quantitative estimate of drug-likeness (QED) is 0.714. The van der Waals surface area contributed by atoms with Gasteiger partial charge in [0.15, 0.2) is 0 Å². The van der Waals surface area contributed by atoms with Gasteiger partial charge in [-0.1, -0.05) is 39.8 Å². The zero-order chi connectivity index (χ0) is 14.5. The van der Waals surface area contributed by atoms with Crippen LogP contribution >= 0.6 is 23.5 Å². The standard InChI is InChI=1S/C16H20N2S2/c1-11(2)19-15-9-5-7-13(17-15)14-8-6-10-16(18-14)20-12(3)4/h5-12H,1-4H3. The second-order valence-electron chi connectivity index (χ2n) is 5.06. The van der Waals surface area contributed by atoms with Crippen molar-refractivity contribution in [2.45, 2.75) is 48.2 Å². The van der Waals surface area contributed by atoms with Crippen LogP contribution in [-0.2, 0) is 0 Å². The number of thioether (sulfide) groups is 2. The van der Waals surface area contributed by atoms with Gasteiger partial charge in [-0.25, -0.2) is 9.97 Å². The Morgan fingerprint density at radius 3 is 1.45 bits per heavy atom. The zero-order valence-corrected chi connectivity index (χ0v) is 14.0. The molecule has 0 aliphatic rings. The van der Waals surface area contributed by atoms with E-state index in [0.717, 1.165) is 21.4 Å². The molecule has 106 valence electrons. The Bertz CT molecular complexity index is 516. The van der Waals surface area contributed by atoms with Crippen LogP contribution in [0.1, 0.15) is 27.7 Å². The first-order valence-electron chi connectivity index (χ1n) is 6.82. The van der Waals surface area contributed by atoms with Crippen molar-refractivity contribution in [3.63, 3.8) is 0 Å². The maximum atomic E-state index is 4.69. The van der Waals surface area contributed by atoms with Gasteiger partial charge in [0.05, 0.1) is 21.4 Å². The number of pyridine rings is 2. The van der Waals surface area contributed by atoms with Crippen LogP contribution < -0.4 is 0 Å². The van der Waals surface area contributed by atoms with Crippen LogP contribution in [0.4, 0.5) is 0 Å². The fourth-order valence-electron chi connectivity index (χ4n) is 1.73. The molecule has 0 N–H and O–H groups in total. The Hall–Kier alpha value is -1.00. The molecule has 0 radical (unpaired) electrons. The van der Waals surface area contributed by atoms with E-state index in [9.17, 15) is 0 Å². The Kier molecular flexibility index (Phi) is 5.49. The highest BCUT2D eigenvalue weighted by molar-refractivity contribution is 8.00. The average molecular weight is 304 g/mol. The van der Waals surface area contributed by atoms with Gasteiger partial charge in [-0.2, -0.15) is 0 Å². The van der Waals surface area contributed by atoms with Crippen molar-refractivity contribution in [3.05, 3.63) is 36.4 Å². The third-order valence-electron chi connectivity index (χ3n) is 2.42. The number of hydrogen-bond donors (Lipinski definition) is 0. The SMILES string of the molecule is CC(C)Sc1cccc(-c2cccc(SC(C)C)n2)n1. The lowest BCUT2D eigenvalue weighted by Gasteiger charge is -2.08. The minimum atomic E-state index is 0.536. The highest BCUT2D eigenvalue weighted by atomic mass is 32.2. The van der Waals surface area contributed by atoms with E-state index in [0.29, 0.717) is 10.5 Å². The van der Waals surface area contributed by atoms with E-state index in [1.165, 1.54) is 0 Å². The highest BCUT2D eigenvalue weighted by Gasteiger charge is 2.06. The molecule has 2 aromatic rings. The molecule has 0 saturated carbocycles. The predicted molar refractivity (Wildman–Crippen MR) is 89.5 cm³/mol. The molecule has 2 aromatic heterocycles. The summed E-state index contributed by atoms with van der Waals surface area (Å²) >= 11 is 3.56. The molecule has 0 spiro atoms. The normalized spacial score (nSPS) is 11.3. The van der Waals surface area contributed by atoms with E-state index in [1.54, 1.807) is 23.5 Å². The van der Waals surface area contributed by atoms with Crippen LogP contribution in [0.15, 0.2) is 46.5 Å². The first kappa shape index (κ1) is 15.4. The van der Waals surface area contributed by atoms with Gasteiger partial charge in [0, 0.05) is 10.5 Å². The molecule has 0 atom stereocenters. The summed E-state index contributed by atoms with van der Waals surface area (Å²) in [6.45, 7) is 8.71. The molecule has 4 heteroatoms. The van der Waals surface area contributed by atoms with Gasteiger partial charge in [-0.15, -0.1) is 23.5 Å². The zero-order valence-electron chi connectivity index (χ0n) is 12.3. The molecular weight excluding hydrogens is 284 g/mol. The van der Waals surface area contributed by atoms with Crippen molar-refractivity contribution in [1.29, 1.82) is 0 Å². The molecule has 0 unspecified atom stereocenters. The van der Waals surface area contributed by atoms with Crippen molar-refractivity contribution < 1.29 is 0 Å². The van der Waals surface area contributed by atoms with Gasteiger partial charge in [0.2, 0.25) is 0 Å². The van der Waals surface area contributed by atoms with Crippen molar-refractivity contribution in [3.8, 4) is 11.4 Å². The minimum absolute atomic E-state index is 0.536. The van der Waals surface area contributed by atoms with Gasteiger partial charge < -0.3 is 0 Å². The maximum Gasteiger partial charge on any atom is 0.0970 e. The van der Waals surface area contributed by atoms with Gasteiger partial charge >= 0.3 is 0 Å². The summed E-state index contributed by atoms with van der Waals surface area (Å²) in [7, 11) is 0. The lowest BCUT2D eigenvalue weighted by atomic mass is 10.2. The second-order valence-corrected chi connectivity index (χ2v) is 8.25. The summed E-state index contributed by atoms with van der Waals surface area (Å²) in [5.74, 6) is 0. The molecule has 20 heavy (non-hydrogen) atoms. The lowest BCUT2D eigenvalue weighted by Crippen LogP contribution is -1.94. The number of hydrogen-bond acceptors (Lipinski definition) is 4. The molecular formula is C16H20N2S2. The number of nitrogens with zero attached hydrogens (tertiary/aromatic N) is 2. The Morgan fingerprint density at radius 2 is 1.10 bits per heavy atom. The summed E-state index contributed by atoms with van der Waals surface area (Å²) in [4.78, 5) is 9.39.